The molecule has 0 aromatic heterocycles. The zero-order valence-corrected chi connectivity index (χ0v) is 5.81. The van der Waals surface area contributed by atoms with E-state index in [0.717, 1.165) is 0 Å². The van der Waals surface area contributed by atoms with Gasteiger partial charge >= 0.3 is 0 Å². The minimum absolute atomic E-state index is 0.148. The molecular formula is C5H10ClNO. The van der Waals surface area contributed by atoms with E-state index in [1.54, 1.807) is 6.92 Å². The Morgan fingerprint density at radius 2 is 2.38 bits per heavy atom. The summed E-state index contributed by atoms with van der Waals surface area (Å²) in [6.07, 6.45) is 0.709. The molecule has 0 aromatic carbocycles. The van der Waals surface area contributed by atoms with E-state index in [-0.39, 0.29) is 5.38 Å². The van der Waals surface area contributed by atoms with E-state index in [0.29, 0.717) is 12.1 Å². The number of alkyl halides is 1. The fraction of sp³-hybridized carbons (Fsp3) is 0.800. The summed E-state index contributed by atoms with van der Waals surface area (Å²) >= 11 is 5.55. The van der Waals surface area contributed by atoms with Crippen molar-refractivity contribution >= 4 is 17.3 Å². The van der Waals surface area contributed by atoms with Crippen molar-refractivity contribution in [2.75, 3.05) is 0 Å². The van der Waals surface area contributed by atoms with Crippen molar-refractivity contribution in [3.05, 3.63) is 0 Å². The molecule has 0 amide bonds. The molecule has 0 saturated carbocycles. The molecule has 8 heavy (non-hydrogen) atoms. The zero-order valence-electron chi connectivity index (χ0n) is 5.06. The van der Waals surface area contributed by atoms with Crippen LogP contribution >= 0.6 is 11.6 Å². The van der Waals surface area contributed by atoms with Crippen molar-refractivity contribution in [1.29, 1.82) is 0 Å². The van der Waals surface area contributed by atoms with Gasteiger partial charge < -0.3 is 5.21 Å². The van der Waals surface area contributed by atoms with E-state index < -0.39 is 0 Å². The van der Waals surface area contributed by atoms with Crippen molar-refractivity contribution in [2.45, 2.75) is 25.6 Å². The lowest BCUT2D eigenvalue weighted by Gasteiger charge is -1.99. The largest absolute Gasteiger partial charge is 0.411 e. The van der Waals surface area contributed by atoms with Crippen molar-refractivity contribution in [3.8, 4) is 0 Å². The monoisotopic (exact) mass is 135 g/mol. The van der Waals surface area contributed by atoms with Gasteiger partial charge in [-0.25, -0.2) is 0 Å². The molecule has 0 aliphatic heterocycles. The molecular weight excluding hydrogens is 126 g/mol. The van der Waals surface area contributed by atoms with Gasteiger partial charge in [-0.1, -0.05) is 12.1 Å². The molecule has 0 spiro atoms. The number of nitrogens with zero attached hydrogens (tertiary/aromatic N) is 1. The number of halogens is 1. The third-order valence-electron chi connectivity index (χ3n) is 0.950. The summed E-state index contributed by atoms with van der Waals surface area (Å²) in [6.45, 7) is 3.67. The molecule has 0 saturated heterocycles. The quantitative estimate of drug-likeness (QED) is 0.267. The molecule has 0 radical (unpaired) electrons. The Morgan fingerprint density at radius 1 is 1.88 bits per heavy atom. The molecule has 0 aliphatic carbocycles. The van der Waals surface area contributed by atoms with Gasteiger partial charge in [0.05, 0.1) is 11.1 Å². The highest BCUT2D eigenvalue weighted by atomic mass is 35.5. The smallest absolute Gasteiger partial charge is 0.0743 e. The van der Waals surface area contributed by atoms with Crippen molar-refractivity contribution in [3.63, 3.8) is 0 Å². The van der Waals surface area contributed by atoms with Gasteiger partial charge in [-0.05, 0) is 13.3 Å². The van der Waals surface area contributed by atoms with Crippen LogP contribution in [0.15, 0.2) is 5.16 Å². The number of hydrogen-bond acceptors (Lipinski definition) is 2. The number of rotatable bonds is 2. The summed E-state index contributed by atoms with van der Waals surface area (Å²) in [6, 6.07) is 0. The van der Waals surface area contributed by atoms with Crippen LogP contribution in [-0.2, 0) is 0 Å². The highest BCUT2D eigenvalue weighted by Crippen LogP contribution is 1.99. The van der Waals surface area contributed by atoms with Gasteiger partial charge in [0, 0.05) is 0 Å². The maximum absolute atomic E-state index is 8.20. The Kier molecular flexibility index (Phi) is 3.61. The summed E-state index contributed by atoms with van der Waals surface area (Å²) in [5.74, 6) is 0. The number of oxime groups is 1. The van der Waals surface area contributed by atoms with Crippen LogP contribution in [0, 0.1) is 0 Å². The van der Waals surface area contributed by atoms with Crippen LogP contribution in [0.25, 0.3) is 0 Å². The lowest BCUT2D eigenvalue weighted by molar-refractivity contribution is 0.317. The van der Waals surface area contributed by atoms with Gasteiger partial charge in [0.1, 0.15) is 0 Å². The zero-order chi connectivity index (χ0) is 6.57. The first kappa shape index (κ1) is 7.76. The summed E-state index contributed by atoms with van der Waals surface area (Å²) in [5.41, 5.74) is 0.631. The molecule has 0 rings (SSSR count). The van der Waals surface area contributed by atoms with Gasteiger partial charge in [0.15, 0.2) is 0 Å². The van der Waals surface area contributed by atoms with E-state index in [2.05, 4.69) is 5.16 Å². The molecule has 0 aromatic rings. The second-order valence-electron chi connectivity index (χ2n) is 1.56. The van der Waals surface area contributed by atoms with Gasteiger partial charge in [-0.2, -0.15) is 0 Å². The van der Waals surface area contributed by atoms with Crippen LogP contribution in [0.5, 0.6) is 0 Å². The minimum Gasteiger partial charge on any atom is -0.411 e. The Balaban J connectivity index is 3.72. The van der Waals surface area contributed by atoms with E-state index in [1.807, 2.05) is 6.92 Å². The predicted molar refractivity (Wildman–Crippen MR) is 34.8 cm³/mol. The van der Waals surface area contributed by atoms with Crippen LogP contribution < -0.4 is 0 Å². The summed E-state index contributed by atoms with van der Waals surface area (Å²) in [7, 11) is 0. The predicted octanol–water partition coefficient (Wildman–Crippen LogP) is 1.85. The Bertz CT molecular complexity index is 90.4. The molecule has 0 bridgehead atoms. The normalized spacial score (nSPS) is 16.1. The topological polar surface area (TPSA) is 32.6 Å². The Labute approximate surface area is 54.1 Å². The van der Waals surface area contributed by atoms with E-state index in [9.17, 15) is 0 Å². The summed E-state index contributed by atoms with van der Waals surface area (Å²) in [4.78, 5) is 0. The van der Waals surface area contributed by atoms with Crippen LogP contribution in [0.3, 0.4) is 0 Å². The second kappa shape index (κ2) is 3.72. The maximum Gasteiger partial charge on any atom is 0.0743 e. The van der Waals surface area contributed by atoms with E-state index >= 15 is 0 Å². The van der Waals surface area contributed by atoms with Gasteiger partial charge in [0.25, 0.3) is 0 Å². The van der Waals surface area contributed by atoms with Gasteiger partial charge in [-0.3, -0.25) is 0 Å². The molecule has 1 N–H and O–H groups in total. The number of hydrogen-bond donors (Lipinski definition) is 1. The fourth-order valence-electron chi connectivity index (χ4n) is 0.432. The lowest BCUT2D eigenvalue weighted by Crippen LogP contribution is -2.08. The minimum atomic E-state index is -0.148. The third-order valence-corrected chi connectivity index (χ3v) is 1.20. The molecule has 0 aliphatic rings. The Hall–Kier alpha value is -0.240. The molecule has 48 valence electrons. The highest BCUT2D eigenvalue weighted by molar-refractivity contribution is 6.31. The van der Waals surface area contributed by atoms with Crippen molar-refractivity contribution in [1.82, 2.24) is 0 Å². The first-order valence-electron chi connectivity index (χ1n) is 2.57. The maximum atomic E-state index is 8.20. The molecule has 0 fully saturated rings. The standard InChI is InChI=1S/C5H10ClNO/c1-3-5(7-8)4(2)6/h4,8H,3H2,1-2H3. The Morgan fingerprint density at radius 3 is 2.38 bits per heavy atom. The van der Waals surface area contributed by atoms with Gasteiger partial charge in [0.2, 0.25) is 0 Å². The van der Waals surface area contributed by atoms with Crippen LogP contribution in [0.4, 0.5) is 0 Å². The average Bonchev–Trinajstić information content (AvgIpc) is 1.69. The van der Waals surface area contributed by atoms with Crippen LogP contribution in [-0.4, -0.2) is 16.3 Å². The van der Waals surface area contributed by atoms with E-state index in [1.165, 1.54) is 0 Å². The molecule has 0 heterocycles. The second-order valence-corrected chi connectivity index (χ2v) is 2.22. The first-order valence-corrected chi connectivity index (χ1v) is 3.00. The molecule has 3 heteroatoms. The first-order chi connectivity index (χ1) is 3.72. The molecule has 1 atom stereocenters. The van der Waals surface area contributed by atoms with E-state index in [4.69, 9.17) is 16.8 Å². The fourth-order valence-corrected chi connectivity index (χ4v) is 0.629. The SMILES string of the molecule is CCC(=NO)C(C)Cl. The molecule has 2 nitrogen and oxygen atoms in total. The van der Waals surface area contributed by atoms with Crippen molar-refractivity contribution < 1.29 is 5.21 Å². The van der Waals surface area contributed by atoms with Crippen LogP contribution in [0.1, 0.15) is 20.3 Å². The lowest BCUT2D eigenvalue weighted by atomic mass is 10.2. The van der Waals surface area contributed by atoms with Gasteiger partial charge in [-0.15, -0.1) is 11.6 Å². The molecule has 1 unspecified atom stereocenters. The third kappa shape index (κ3) is 2.17. The highest BCUT2D eigenvalue weighted by Gasteiger charge is 2.02. The van der Waals surface area contributed by atoms with Crippen LogP contribution in [0.2, 0.25) is 0 Å². The van der Waals surface area contributed by atoms with Crippen molar-refractivity contribution in [2.24, 2.45) is 5.16 Å². The summed E-state index contributed by atoms with van der Waals surface area (Å²) < 4.78 is 0. The average molecular weight is 136 g/mol. The summed E-state index contributed by atoms with van der Waals surface area (Å²) in [5, 5.41) is 11.0.